The molecule has 46 valence electrons. The Labute approximate surface area is 54.8 Å². The maximum atomic E-state index is 5.17. The molecule has 2 nitrogen and oxygen atoms in total. The van der Waals surface area contributed by atoms with Crippen LogP contribution in [0.3, 0.4) is 0 Å². The van der Waals surface area contributed by atoms with E-state index in [2.05, 4.69) is 11.9 Å². The second kappa shape index (κ2) is 4.74. The molecule has 0 heterocycles. The van der Waals surface area contributed by atoms with Crippen molar-refractivity contribution in [1.29, 1.82) is 0 Å². The maximum absolute atomic E-state index is 5.17. The molecular formula is C5H10N2S. The van der Waals surface area contributed by atoms with Gasteiger partial charge in [-0.05, 0) is 0 Å². The van der Waals surface area contributed by atoms with Gasteiger partial charge in [-0.15, -0.1) is 6.58 Å². The van der Waals surface area contributed by atoms with Crippen molar-refractivity contribution in [3.8, 4) is 0 Å². The highest BCUT2D eigenvalue weighted by Crippen LogP contribution is 1.65. The molecule has 0 amide bonds. The SMILES string of the molecule is C=CCNC(=S)CN. The number of nitrogens with two attached hydrogens (primary N) is 1. The molecule has 0 aromatic rings. The quantitative estimate of drug-likeness (QED) is 0.419. The smallest absolute Gasteiger partial charge is 0.0894 e. The molecule has 8 heavy (non-hydrogen) atoms. The van der Waals surface area contributed by atoms with Gasteiger partial charge in [0.2, 0.25) is 0 Å². The molecule has 0 atom stereocenters. The van der Waals surface area contributed by atoms with E-state index in [9.17, 15) is 0 Å². The van der Waals surface area contributed by atoms with Crippen LogP contribution in [0.15, 0.2) is 12.7 Å². The molecule has 0 spiro atoms. The van der Waals surface area contributed by atoms with E-state index in [1.165, 1.54) is 0 Å². The molecular weight excluding hydrogens is 120 g/mol. The van der Waals surface area contributed by atoms with E-state index in [0.717, 1.165) is 0 Å². The molecule has 0 unspecified atom stereocenters. The molecule has 0 aliphatic carbocycles. The second-order valence-electron chi connectivity index (χ2n) is 1.30. The fourth-order valence-electron chi connectivity index (χ4n) is 0.258. The Morgan fingerprint density at radius 1 is 1.88 bits per heavy atom. The highest BCUT2D eigenvalue weighted by molar-refractivity contribution is 7.80. The van der Waals surface area contributed by atoms with E-state index in [1.807, 2.05) is 0 Å². The van der Waals surface area contributed by atoms with Crippen molar-refractivity contribution in [1.82, 2.24) is 5.32 Å². The molecule has 0 radical (unpaired) electrons. The molecule has 0 saturated carbocycles. The zero-order valence-electron chi connectivity index (χ0n) is 4.68. The van der Waals surface area contributed by atoms with Crippen LogP contribution >= 0.6 is 12.2 Å². The molecule has 3 heteroatoms. The standard InChI is InChI=1S/C5H10N2S/c1-2-3-7-5(8)4-6/h2H,1,3-4,6H2,(H,7,8). The largest absolute Gasteiger partial charge is 0.375 e. The monoisotopic (exact) mass is 130 g/mol. The lowest BCUT2D eigenvalue weighted by atomic mass is 10.5. The fraction of sp³-hybridized carbons (Fsp3) is 0.400. The first-order valence-electron chi connectivity index (χ1n) is 2.39. The van der Waals surface area contributed by atoms with Crippen molar-refractivity contribution >= 4 is 17.2 Å². The van der Waals surface area contributed by atoms with Gasteiger partial charge in [-0.25, -0.2) is 0 Å². The van der Waals surface area contributed by atoms with Crippen LogP contribution in [0.1, 0.15) is 0 Å². The second-order valence-corrected chi connectivity index (χ2v) is 1.79. The van der Waals surface area contributed by atoms with E-state index in [4.69, 9.17) is 18.0 Å². The van der Waals surface area contributed by atoms with Gasteiger partial charge in [-0.3, -0.25) is 0 Å². The van der Waals surface area contributed by atoms with Crippen LogP contribution in [0.5, 0.6) is 0 Å². The average Bonchev–Trinajstić information content (AvgIpc) is 1.83. The van der Waals surface area contributed by atoms with Gasteiger partial charge in [0.25, 0.3) is 0 Å². The van der Waals surface area contributed by atoms with E-state index < -0.39 is 0 Å². The lowest BCUT2D eigenvalue weighted by molar-refractivity contribution is 1.03. The highest BCUT2D eigenvalue weighted by atomic mass is 32.1. The fourth-order valence-corrected chi connectivity index (χ4v) is 0.342. The van der Waals surface area contributed by atoms with Gasteiger partial charge in [0.05, 0.1) is 4.99 Å². The first-order chi connectivity index (χ1) is 3.81. The summed E-state index contributed by atoms with van der Waals surface area (Å²) in [5.41, 5.74) is 5.17. The number of thiocarbonyl (C=S) groups is 1. The van der Waals surface area contributed by atoms with Gasteiger partial charge in [0, 0.05) is 13.1 Å². The summed E-state index contributed by atoms with van der Waals surface area (Å²) in [6, 6.07) is 0. The summed E-state index contributed by atoms with van der Waals surface area (Å²) in [4.78, 5) is 0.685. The molecule has 0 fully saturated rings. The molecule has 0 aliphatic heterocycles. The zero-order valence-corrected chi connectivity index (χ0v) is 5.50. The van der Waals surface area contributed by atoms with E-state index in [1.54, 1.807) is 6.08 Å². The van der Waals surface area contributed by atoms with Crippen LogP contribution in [0, 0.1) is 0 Å². The van der Waals surface area contributed by atoms with Crippen molar-refractivity contribution in [3.63, 3.8) is 0 Å². The lowest BCUT2D eigenvalue weighted by Crippen LogP contribution is -2.28. The Kier molecular flexibility index (Phi) is 4.50. The van der Waals surface area contributed by atoms with Crippen LogP contribution in [-0.2, 0) is 0 Å². The number of hydrogen-bond donors (Lipinski definition) is 2. The Morgan fingerprint density at radius 3 is 2.88 bits per heavy atom. The van der Waals surface area contributed by atoms with Crippen LogP contribution in [0.4, 0.5) is 0 Å². The van der Waals surface area contributed by atoms with Gasteiger partial charge in [0.15, 0.2) is 0 Å². The van der Waals surface area contributed by atoms with Crippen LogP contribution in [-0.4, -0.2) is 18.1 Å². The molecule has 0 bridgehead atoms. The van der Waals surface area contributed by atoms with Crippen molar-refractivity contribution in [2.75, 3.05) is 13.1 Å². The molecule has 0 aromatic carbocycles. The summed E-state index contributed by atoms with van der Waals surface area (Å²) in [5.74, 6) is 0. The maximum Gasteiger partial charge on any atom is 0.0894 e. The number of nitrogens with one attached hydrogen (secondary N) is 1. The zero-order chi connectivity index (χ0) is 6.41. The van der Waals surface area contributed by atoms with Crippen molar-refractivity contribution in [2.45, 2.75) is 0 Å². The Bertz CT molecular complexity index is 90.4. The average molecular weight is 130 g/mol. The van der Waals surface area contributed by atoms with Crippen LogP contribution in [0.25, 0.3) is 0 Å². The van der Waals surface area contributed by atoms with Gasteiger partial charge in [-0.2, -0.15) is 0 Å². The predicted molar refractivity (Wildman–Crippen MR) is 39.9 cm³/mol. The van der Waals surface area contributed by atoms with Crippen molar-refractivity contribution in [3.05, 3.63) is 12.7 Å². The van der Waals surface area contributed by atoms with Gasteiger partial charge >= 0.3 is 0 Å². The van der Waals surface area contributed by atoms with Gasteiger partial charge in [-0.1, -0.05) is 18.3 Å². The minimum absolute atomic E-state index is 0.420. The van der Waals surface area contributed by atoms with E-state index in [0.29, 0.717) is 18.1 Å². The normalized spacial score (nSPS) is 8.12. The lowest BCUT2D eigenvalue weighted by Gasteiger charge is -1.98. The van der Waals surface area contributed by atoms with E-state index >= 15 is 0 Å². The summed E-state index contributed by atoms with van der Waals surface area (Å²) in [6.07, 6.45) is 1.74. The molecule has 0 saturated heterocycles. The summed E-state index contributed by atoms with van der Waals surface area (Å²) < 4.78 is 0. The Hall–Kier alpha value is -0.410. The molecule has 0 aromatic heterocycles. The van der Waals surface area contributed by atoms with Gasteiger partial charge in [0.1, 0.15) is 0 Å². The van der Waals surface area contributed by atoms with Crippen LogP contribution < -0.4 is 11.1 Å². The number of rotatable bonds is 3. The topological polar surface area (TPSA) is 38.0 Å². The van der Waals surface area contributed by atoms with Crippen LogP contribution in [0.2, 0.25) is 0 Å². The third-order valence-electron chi connectivity index (χ3n) is 0.629. The summed E-state index contributed by atoms with van der Waals surface area (Å²) in [6.45, 7) is 4.63. The molecule has 3 N–H and O–H groups in total. The first kappa shape index (κ1) is 7.59. The molecule has 0 aliphatic rings. The minimum atomic E-state index is 0.420. The highest BCUT2D eigenvalue weighted by Gasteiger charge is 1.84. The third-order valence-corrected chi connectivity index (χ3v) is 0.940. The van der Waals surface area contributed by atoms with Gasteiger partial charge < -0.3 is 11.1 Å². The van der Waals surface area contributed by atoms with Crippen molar-refractivity contribution < 1.29 is 0 Å². The third kappa shape index (κ3) is 3.77. The Morgan fingerprint density at radius 2 is 2.50 bits per heavy atom. The Balaban J connectivity index is 3.11. The first-order valence-corrected chi connectivity index (χ1v) is 2.79. The van der Waals surface area contributed by atoms with Crippen molar-refractivity contribution in [2.24, 2.45) is 5.73 Å². The summed E-state index contributed by atoms with van der Waals surface area (Å²) in [7, 11) is 0. The summed E-state index contributed by atoms with van der Waals surface area (Å²) >= 11 is 4.74. The molecule has 0 rings (SSSR count). The summed E-state index contributed by atoms with van der Waals surface area (Å²) in [5, 5.41) is 2.87. The predicted octanol–water partition coefficient (Wildman–Crippen LogP) is 0.0481. The van der Waals surface area contributed by atoms with E-state index in [-0.39, 0.29) is 0 Å². The minimum Gasteiger partial charge on any atom is -0.375 e. The number of hydrogen-bond acceptors (Lipinski definition) is 2.